The first-order valence-corrected chi connectivity index (χ1v) is 7.35. The van der Waals surface area contributed by atoms with Crippen LogP contribution in [0.2, 0.25) is 0 Å². The molecule has 0 atom stereocenters. The number of rotatable bonds is 5. The fraction of sp³-hybridized carbons (Fsp3) is 0.188. The van der Waals surface area contributed by atoms with Gasteiger partial charge in [0, 0.05) is 4.90 Å². The van der Waals surface area contributed by atoms with Gasteiger partial charge in [0.1, 0.15) is 5.75 Å². The van der Waals surface area contributed by atoms with Crippen LogP contribution >= 0.6 is 11.8 Å². The summed E-state index contributed by atoms with van der Waals surface area (Å²) in [6, 6.07) is 13.0. The van der Waals surface area contributed by atoms with Crippen molar-refractivity contribution in [2.24, 2.45) is 0 Å². The minimum atomic E-state index is -0.405. The lowest BCUT2D eigenvalue weighted by atomic mass is 10.2. The Labute approximate surface area is 128 Å². The van der Waals surface area contributed by atoms with Crippen LogP contribution in [0.25, 0.3) is 0 Å². The topological polar surface area (TPSA) is 61.5 Å². The Balaban J connectivity index is 2.33. The van der Waals surface area contributed by atoms with Gasteiger partial charge >= 0.3 is 5.97 Å². The molecule has 0 radical (unpaired) electrons. The Morgan fingerprint density at radius 2 is 1.86 bits per heavy atom. The van der Waals surface area contributed by atoms with Crippen molar-refractivity contribution in [2.45, 2.75) is 16.7 Å². The Hall–Kier alpha value is -2.14. The molecule has 0 aliphatic rings. The lowest BCUT2D eigenvalue weighted by Crippen LogP contribution is -2.08. The molecule has 2 aromatic carbocycles. The van der Waals surface area contributed by atoms with Crippen LogP contribution in [0, 0.1) is 0 Å². The van der Waals surface area contributed by atoms with Gasteiger partial charge in [0.25, 0.3) is 0 Å². The Bertz CT molecular complexity index is 643. The molecule has 5 heteroatoms. The van der Waals surface area contributed by atoms with Crippen LogP contribution in [0.3, 0.4) is 0 Å². The highest BCUT2D eigenvalue weighted by molar-refractivity contribution is 7.99. The maximum Gasteiger partial charge on any atom is 0.340 e. The van der Waals surface area contributed by atoms with Crippen LogP contribution < -0.4 is 10.5 Å². The van der Waals surface area contributed by atoms with Crippen molar-refractivity contribution in [2.75, 3.05) is 19.5 Å². The van der Waals surface area contributed by atoms with E-state index in [9.17, 15) is 4.79 Å². The van der Waals surface area contributed by atoms with Crippen molar-refractivity contribution >= 4 is 23.4 Å². The standard InChI is InChI=1S/C16H17NO3S/c1-3-20-16(18)11-7-6-10-14(15(11)17)21-13-9-5-4-8-12(13)19-2/h4-10H,3,17H2,1-2H3. The maximum atomic E-state index is 11.9. The van der Waals surface area contributed by atoms with E-state index in [4.69, 9.17) is 15.2 Å². The number of ether oxygens (including phenoxy) is 2. The van der Waals surface area contributed by atoms with Gasteiger partial charge in [0.15, 0.2) is 0 Å². The minimum Gasteiger partial charge on any atom is -0.496 e. The molecule has 0 bridgehead atoms. The van der Waals surface area contributed by atoms with E-state index in [-0.39, 0.29) is 0 Å². The average Bonchev–Trinajstić information content (AvgIpc) is 2.50. The summed E-state index contributed by atoms with van der Waals surface area (Å²) < 4.78 is 10.3. The smallest absolute Gasteiger partial charge is 0.340 e. The molecule has 2 N–H and O–H groups in total. The number of hydrogen-bond donors (Lipinski definition) is 1. The van der Waals surface area contributed by atoms with Gasteiger partial charge < -0.3 is 15.2 Å². The number of para-hydroxylation sites is 2. The van der Waals surface area contributed by atoms with Gasteiger partial charge in [-0.25, -0.2) is 4.79 Å². The molecule has 2 aromatic rings. The van der Waals surface area contributed by atoms with Crippen molar-refractivity contribution in [3.8, 4) is 5.75 Å². The van der Waals surface area contributed by atoms with Gasteiger partial charge in [-0.1, -0.05) is 30.0 Å². The van der Waals surface area contributed by atoms with Gasteiger partial charge in [-0.05, 0) is 31.2 Å². The third kappa shape index (κ3) is 3.49. The quantitative estimate of drug-likeness (QED) is 0.675. The van der Waals surface area contributed by atoms with E-state index < -0.39 is 5.97 Å². The van der Waals surface area contributed by atoms with Crippen molar-refractivity contribution in [3.05, 3.63) is 48.0 Å². The molecule has 0 amide bonds. The zero-order valence-electron chi connectivity index (χ0n) is 12.0. The SMILES string of the molecule is CCOC(=O)c1cccc(Sc2ccccc2OC)c1N. The summed E-state index contributed by atoms with van der Waals surface area (Å²) in [5, 5.41) is 0. The molecular formula is C16H17NO3S. The second kappa shape index (κ2) is 7.04. The van der Waals surface area contributed by atoms with E-state index in [1.165, 1.54) is 11.8 Å². The number of anilines is 1. The minimum absolute atomic E-state index is 0.322. The number of nitrogens with two attached hydrogens (primary N) is 1. The molecule has 21 heavy (non-hydrogen) atoms. The zero-order chi connectivity index (χ0) is 15.2. The predicted molar refractivity (Wildman–Crippen MR) is 83.9 cm³/mol. The molecule has 2 rings (SSSR count). The Kier molecular flexibility index (Phi) is 5.11. The van der Waals surface area contributed by atoms with E-state index in [1.54, 1.807) is 26.2 Å². The van der Waals surface area contributed by atoms with Gasteiger partial charge in [-0.15, -0.1) is 0 Å². The van der Waals surface area contributed by atoms with E-state index in [1.807, 2.05) is 30.3 Å². The van der Waals surface area contributed by atoms with Crippen molar-refractivity contribution in [3.63, 3.8) is 0 Å². The van der Waals surface area contributed by atoms with E-state index >= 15 is 0 Å². The number of hydrogen-bond acceptors (Lipinski definition) is 5. The highest BCUT2D eigenvalue weighted by Crippen LogP contribution is 2.38. The summed E-state index contributed by atoms with van der Waals surface area (Å²) in [4.78, 5) is 13.6. The second-order valence-corrected chi connectivity index (χ2v) is 5.27. The molecule has 0 spiro atoms. The van der Waals surface area contributed by atoms with Crippen molar-refractivity contribution < 1.29 is 14.3 Å². The maximum absolute atomic E-state index is 11.9. The van der Waals surface area contributed by atoms with Gasteiger partial charge in [0.05, 0.1) is 29.9 Å². The summed E-state index contributed by atoms with van der Waals surface area (Å²) in [6.07, 6.45) is 0. The molecule has 0 fully saturated rings. The lowest BCUT2D eigenvalue weighted by molar-refractivity contribution is 0.0527. The zero-order valence-corrected chi connectivity index (χ0v) is 12.8. The summed E-state index contributed by atoms with van der Waals surface area (Å²) in [6.45, 7) is 2.09. The van der Waals surface area contributed by atoms with E-state index in [2.05, 4.69) is 0 Å². The first-order chi connectivity index (χ1) is 10.2. The van der Waals surface area contributed by atoms with Crippen LogP contribution in [0.4, 0.5) is 5.69 Å². The molecule has 0 aromatic heterocycles. The molecule has 0 saturated heterocycles. The van der Waals surface area contributed by atoms with E-state index in [0.717, 1.165) is 15.5 Å². The summed E-state index contributed by atoms with van der Waals surface area (Å²) in [7, 11) is 1.62. The van der Waals surface area contributed by atoms with Crippen LogP contribution in [-0.2, 0) is 4.74 Å². The van der Waals surface area contributed by atoms with Gasteiger partial charge in [-0.3, -0.25) is 0 Å². The summed E-state index contributed by atoms with van der Waals surface area (Å²) in [5.41, 5.74) is 6.90. The van der Waals surface area contributed by atoms with Crippen LogP contribution in [0.5, 0.6) is 5.75 Å². The van der Waals surface area contributed by atoms with Gasteiger partial charge in [0.2, 0.25) is 0 Å². The summed E-state index contributed by atoms with van der Waals surface area (Å²) in [5.74, 6) is 0.362. The number of esters is 1. The second-order valence-electron chi connectivity index (χ2n) is 4.19. The Morgan fingerprint density at radius 1 is 1.14 bits per heavy atom. The van der Waals surface area contributed by atoms with Gasteiger partial charge in [-0.2, -0.15) is 0 Å². The van der Waals surface area contributed by atoms with E-state index in [0.29, 0.717) is 17.9 Å². The fourth-order valence-electron chi connectivity index (χ4n) is 1.84. The molecule has 0 saturated carbocycles. The highest BCUT2D eigenvalue weighted by Gasteiger charge is 2.15. The number of carbonyl (C=O) groups is 1. The lowest BCUT2D eigenvalue weighted by Gasteiger charge is -2.11. The molecule has 110 valence electrons. The molecule has 0 unspecified atom stereocenters. The van der Waals surface area contributed by atoms with Crippen LogP contribution in [0.1, 0.15) is 17.3 Å². The normalized spacial score (nSPS) is 10.2. The highest BCUT2D eigenvalue weighted by atomic mass is 32.2. The number of benzene rings is 2. The average molecular weight is 303 g/mol. The monoisotopic (exact) mass is 303 g/mol. The molecule has 0 aliphatic heterocycles. The number of carbonyl (C=O) groups excluding carboxylic acids is 1. The van der Waals surface area contributed by atoms with Crippen molar-refractivity contribution in [1.29, 1.82) is 0 Å². The number of methoxy groups -OCH3 is 1. The molecule has 4 nitrogen and oxygen atoms in total. The first-order valence-electron chi connectivity index (χ1n) is 6.53. The van der Waals surface area contributed by atoms with Crippen LogP contribution in [0.15, 0.2) is 52.3 Å². The molecule has 0 aliphatic carbocycles. The number of nitrogen functional groups attached to an aromatic ring is 1. The third-order valence-electron chi connectivity index (χ3n) is 2.85. The fourth-order valence-corrected chi connectivity index (χ4v) is 2.84. The summed E-state index contributed by atoms with van der Waals surface area (Å²) >= 11 is 1.46. The molecular weight excluding hydrogens is 286 g/mol. The Morgan fingerprint density at radius 3 is 2.57 bits per heavy atom. The molecule has 0 heterocycles. The first kappa shape index (κ1) is 15.3. The third-order valence-corrected chi connectivity index (χ3v) is 3.98. The van der Waals surface area contributed by atoms with Crippen LogP contribution in [-0.4, -0.2) is 19.7 Å². The van der Waals surface area contributed by atoms with Crippen molar-refractivity contribution in [1.82, 2.24) is 0 Å². The largest absolute Gasteiger partial charge is 0.496 e. The predicted octanol–water partition coefficient (Wildman–Crippen LogP) is 3.61.